The van der Waals surface area contributed by atoms with Crippen LogP contribution in [-0.2, 0) is 0 Å². The van der Waals surface area contributed by atoms with E-state index in [2.05, 4.69) is 5.18 Å². The molecule has 4 N–H and O–H groups in total. The maximum Gasteiger partial charge on any atom is 0.148 e. The molecular formula is C7H15NO5. The van der Waals surface area contributed by atoms with Crippen LogP contribution in [-0.4, -0.2) is 51.4 Å². The van der Waals surface area contributed by atoms with Crippen molar-refractivity contribution in [1.29, 1.82) is 0 Å². The number of aliphatic hydroxyl groups excluding tert-OH is 4. The summed E-state index contributed by atoms with van der Waals surface area (Å²) in [6.45, 7) is 0.935. The van der Waals surface area contributed by atoms with Crippen molar-refractivity contribution >= 4 is 0 Å². The van der Waals surface area contributed by atoms with E-state index in [1.54, 1.807) is 6.92 Å². The number of nitrogens with zero attached hydrogens (tertiary/aromatic N) is 1. The molecule has 6 nitrogen and oxygen atoms in total. The van der Waals surface area contributed by atoms with E-state index in [1.165, 1.54) is 0 Å². The topological polar surface area (TPSA) is 110 Å². The molecule has 0 aromatic heterocycles. The fourth-order valence-corrected chi connectivity index (χ4v) is 0.937. The highest BCUT2D eigenvalue weighted by molar-refractivity contribution is 4.86. The highest BCUT2D eigenvalue weighted by Gasteiger charge is 2.31. The molecule has 0 heterocycles. The molecule has 78 valence electrons. The van der Waals surface area contributed by atoms with E-state index < -0.39 is 31.0 Å². The number of nitroso groups, excluding NO2 is 1. The summed E-state index contributed by atoms with van der Waals surface area (Å²) in [5.74, 6) is 0. The van der Waals surface area contributed by atoms with Gasteiger partial charge >= 0.3 is 0 Å². The molecule has 0 aromatic carbocycles. The average Bonchev–Trinajstić information content (AvgIpc) is 2.17. The van der Waals surface area contributed by atoms with E-state index in [1.807, 2.05) is 0 Å². The van der Waals surface area contributed by atoms with Crippen LogP contribution in [0.25, 0.3) is 0 Å². The number of hydrogen-bond donors (Lipinski definition) is 4. The van der Waals surface area contributed by atoms with Gasteiger partial charge in [0.05, 0.1) is 12.7 Å². The molecule has 0 fully saturated rings. The molecule has 0 saturated carbocycles. The van der Waals surface area contributed by atoms with Crippen molar-refractivity contribution in [1.82, 2.24) is 0 Å². The predicted molar refractivity (Wildman–Crippen MR) is 45.0 cm³/mol. The second-order valence-corrected chi connectivity index (χ2v) is 2.81. The lowest BCUT2D eigenvalue weighted by atomic mass is 10.00. The highest BCUT2D eigenvalue weighted by atomic mass is 16.3. The van der Waals surface area contributed by atoms with Gasteiger partial charge in [-0.3, -0.25) is 0 Å². The minimum Gasteiger partial charge on any atom is -0.394 e. The monoisotopic (exact) mass is 193 g/mol. The first kappa shape index (κ1) is 12.4. The third-order valence-corrected chi connectivity index (χ3v) is 1.87. The minimum atomic E-state index is -1.44. The maximum atomic E-state index is 10.2. The van der Waals surface area contributed by atoms with E-state index in [0.717, 1.165) is 0 Å². The molecule has 0 saturated heterocycles. The zero-order valence-corrected chi connectivity index (χ0v) is 7.37. The van der Waals surface area contributed by atoms with Crippen LogP contribution in [0.15, 0.2) is 5.18 Å². The molecule has 0 amide bonds. The molecule has 1 unspecified atom stereocenters. The minimum absolute atomic E-state index is 0.241. The van der Waals surface area contributed by atoms with E-state index in [-0.39, 0.29) is 6.42 Å². The molecule has 6 heteroatoms. The third-order valence-electron chi connectivity index (χ3n) is 1.87. The normalized spacial score (nSPS) is 20.4. The molecule has 0 bridgehead atoms. The Morgan fingerprint density at radius 2 is 1.77 bits per heavy atom. The molecule has 4 atom stereocenters. The lowest BCUT2D eigenvalue weighted by molar-refractivity contribution is -0.0396. The van der Waals surface area contributed by atoms with Crippen molar-refractivity contribution in [3.05, 3.63) is 4.91 Å². The van der Waals surface area contributed by atoms with Gasteiger partial charge in [0.2, 0.25) is 0 Å². The van der Waals surface area contributed by atoms with Gasteiger partial charge in [-0.15, -0.1) is 0 Å². The molecular weight excluding hydrogens is 178 g/mol. The zero-order valence-electron chi connectivity index (χ0n) is 7.37. The predicted octanol–water partition coefficient (Wildman–Crippen LogP) is -1.39. The van der Waals surface area contributed by atoms with Gasteiger partial charge in [0, 0.05) is 0 Å². The van der Waals surface area contributed by atoms with Gasteiger partial charge in [-0.25, -0.2) is 0 Å². The standard InChI is InChI=1S/C7H15NO5/c1-2-4(10)7(12)6(8-13)5(11)3-9/h4-7,9-12H,2-3H2,1H3/t4-,5+,6+,7?/m0/s1. The summed E-state index contributed by atoms with van der Waals surface area (Å²) in [4.78, 5) is 10.2. The molecule has 0 radical (unpaired) electrons. The van der Waals surface area contributed by atoms with Gasteiger partial charge in [0.15, 0.2) is 0 Å². The van der Waals surface area contributed by atoms with Crippen molar-refractivity contribution in [2.24, 2.45) is 5.18 Å². The Bertz CT molecular complexity index is 154. The fourth-order valence-electron chi connectivity index (χ4n) is 0.937. The maximum absolute atomic E-state index is 10.2. The first-order valence-electron chi connectivity index (χ1n) is 4.06. The molecule has 0 aliphatic rings. The summed E-state index contributed by atoms with van der Waals surface area (Å²) >= 11 is 0. The Kier molecular flexibility index (Phi) is 5.72. The van der Waals surface area contributed by atoms with E-state index in [9.17, 15) is 10.0 Å². The molecule has 0 aromatic rings. The summed E-state index contributed by atoms with van der Waals surface area (Å²) in [6, 6.07) is -1.39. The Hall–Kier alpha value is -0.560. The summed E-state index contributed by atoms with van der Waals surface area (Å²) < 4.78 is 0. The SMILES string of the molecule is CC[C@H](O)C(O)[C@H](N=O)[C@H](O)CO. The van der Waals surface area contributed by atoms with Crippen LogP contribution in [0, 0.1) is 4.91 Å². The van der Waals surface area contributed by atoms with E-state index in [4.69, 9.17) is 15.3 Å². The Balaban J connectivity index is 4.29. The van der Waals surface area contributed by atoms with Gasteiger partial charge in [0.1, 0.15) is 18.2 Å². The number of aliphatic hydroxyl groups is 4. The van der Waals surface area contributed by atoms with Crippen LogP contribution in [0.4, 0.5) is 0 Å². The van der Waals surface area contributed by atoms with Crippen molar-refractivity contribution in [3.8, 4) is 0 Å². The van der Waals surface area contributed by atoms with Crippen LogP contribution < -0.4 is 0 Å². The van der Waals surface area contributed by atoms with Crippen LogP contribution in [0.3, 0.4) is 0 Å². The lowest BCUT2D eigenvalue weighted by Gasteiger charge is -2.23. The average molecular weight is 193 g/mol. The second kappa shape index (κ2) is 5.98. The van der Waals surface area contributed by atoms with Gasteiger partial charge in [0.25, 0.3) is 0 Å². The summed E-state index contributed by atoms with van der Waals surface area (Å²) in [7, 11) is 0. The highest BCUT2D eigenvalue weighted by Crippen LogP contribution is 2.10. The molecule has 0 rings (SSSR count). The first-order chi connectivity index (χ1) is 6.08. The van der Waals surface area contributed by atoms with Crippen LogP contribution in [0.2, 0.25) is 0 Å². The van der Waals surface area contributed by atoms with Crippen molar-refractivity contribution in [3.63, 3.8) is 0 Å². The Morgan fingerprint density at radius 3 is 2.08 bits per heavy atom. The Morgan fingerprint density at radius 1 is 1.23 bits per heavy atom. The Labute approximate surface area is 75.8 Å². The summed E-state index contributed by atoms with van der Waals surface area (Å²) in [5.41, 5.74) is 0. The largest absolute Gasteiger partial charge is 0.394 e. The van der Waals surface area contributed by atoms with Crippen LogP contribution in [0.5, 0.6) is 0 Å². The zero-order chi connectivity index (χ0) is 10.4. The van der Waals surface area contributed by atoms with Gasteiger partial charge in [-0.1, -0.05) is 12.1 Å². The van der Waals surface area contributed by atoms with Crippen molar-refractivity contribution in [2.75, 3.05) is 6.61 Å². The molecule has 0 aliphatic heterocycles. The molecule has 0 aliphatic carbocycles. The second-order valence-electron chi connectivity index (χ2n) is 2.81. The van der Waals surface area contributed by atoms with Gasteiger partial charge in [-0.05, 0) is 6.42 Å². The third kappa shape index (κ3) is 3.35. The number of rotatable bonds is 6. The smallest absolute Gasteiger partial charge is 0.148 e. The van der Waals surface area contributed by atoms with Crippen molar-refractivity contribution < 1.29 is 20.4 Å². The fraction of sp³-hybridized carbons (Fsp3) is 1.00. The van der Waals surface area contributed by atoms with E-state index >= 15 is 0 Å². The quantitative estimate of drug-likeness (QED) is 0.388. The summed E-state index contributed by atoms with van der Waals surface area (Å²) in [5, 5.41) is 38.4. The molecule has 0 spiro atoms. The van der Waals surface area contributed by atoms with Gasteiger partial charge < -0.3 is 20.4 Å². The van der Waals surface area contributed by atoms with E-state index in [0.29, 0.717) is 0 Å². The van der Waals surface area contributed by atoms with Crippen LogP contribution >= 0.6 is 0 Å². The molecule has 13 heavy (non-hydrogen) atoms. The first-order valence-corrected chi connectivity index (χ1v) is 4.06. The number of hydrogen-bond acceptors (Lipinski definition) is 6. The lowest BCUT2D eigenvalue weighted by Crippen LogP contribution is -2.44. The van der Waals surface area contributed by atoms with Crippen LogP contribution in [0.1, 0.15) is 13.3 Å². The summed E-state index contributed by atoms with van der Waals surface area (Å²) in [6.07, 6.45) is -3.76. The van der Waals surface area contributed by atoms with Gasteiger partial charge in [-0.2, -0.15) is 4.91 Å². The van der Waals surface area contributed by atoms with Crippen molar-refractivity contribution in [2.45, 2.75) is 37.7 Å².